The van der Waals surface area contributed by atoms with Crippen LogP contribution in [0.2, 0.25) is 0 Å². The van der Waals surface area contributed by atoms with Gasteiger partial charge in [0.1, 0.15) is 0 Å². The van der Waals surface area contributed by atoms with E-state index >= 15 is 0 Å². The molecule has 0 aliphatic carbocycles. The second-order valence-electron chi connectivity index (χ2n) is 2.21. The van der Waals surface area contributed by atoms with Crippen molar-refractivity contribution in [3.63, 3.8) is 0 Å². The lowest BCUT2D eigenvalue weighted by Gasteiger charge is -2.00. The fraction of sp³-hybridized carbons (Fsp3) is 1.00. The molecule has 0 saturated carbocycles. The minimum atomic E-state index is 0.842. The molecule has 0 radical (unpaired) electrons. The summed E-state index contributed by atoms with van der Waals surface area (Å²) in [6.07, 6.45) is 2.55. The van der Waals surface area contributed by atoms with Crippen molar-refractivity contribution < 1.29 is 4.74 Å². The summed E-state index contributed by atoms with van der Waals surface area (Å²) in [6, 6.07) is 0. The standard InChI is InChI=1S/C6H11BrO/c7-3-1-6-2-4-8-5-6/h6H,1-5H2. The molecule has 0 spiro atoms. The maximum absolute atomic E-state index is 5.19. The second kappa shape index (κ2) is 3.46. The van der Waals surface area contributed by atoms with E-state index in [1.165, 1.54) is 12.8 Å². The van der Waals surface area contributed by atoms with Crippen LogP contribution in [0.3, 0.4) is 0 Å². The zero-order valence-corrected chi connectivity index (χ0v) is 6.49. The van der Waals surface area contributed by atoms with Crippen LogP contribution in [0, 0.1) is 5.92 Å². The summed E-state index contributed by atoms with van der Waals surface area (Å²) in [4.78, 5) is 0. The molecule has 1 nitrogen and oxygen atoms in total. The van der Waals surface area contributed by atoms with Gasteiger partial charge in [-0.1, -0.05) is 15.9 Å². The van der Waals surface area contributed by atoms with E-state index in [4.69, 9.17) is 4.74 Å². The SMILES string of the molecule is BrCCC1CCOC1. The van der Waals surface area contributed by atoms with Crippen molar-refractivity contribution in [2.45, 2.75) is 12.8 Å². The largest absolute Gasteiger partial charge is 0.381 e. The lowest BCUT2D eigenvalue weighted by molar-refractivity contribution is 0.185. The number of hydrogen-bond donors (Lipinski definition) is 0. The van der Waals surface area contributed by atoms with Gasteiger partial charge in [0.15, 0.2) is 0 Å². The molecule has 2 heteroatoms. The highest BCUT2D eigenvalue weighted by Gasteiger charge is 2.13. The predicted molar refractivity (Wildman–Crippen MR) is 37.3 cm³/mol. The molecule has 0 N–H and O–H groups in total. The number of halogens is 1. The predicted octanol–water partition coefficient (Wildman–Crippen LogP) is 1.81. The molecule has 1 saturated heterocycles. The molecule has 48 valence electrons. The zero-order valence-electron chi connectivity index (χ0n) is 4.90. The minimum Gasteiger partial charge on any atom is -0.381 e. The van der Waals surface area contributed by atoms with Crippen molar-refractivity contribution in [2.24, 2.45) is 5.92 Å². The van der Waals surface area contributed by atoms with Gasteiger partial charge in [0.05, 0.1) is 0 Å². The molecule has 0 aromatic carbocycles. The number of hydrogen-bond acceptors (Lipinski definition) is 1. The molecule has 1 rings (SSSR count). The Morgan fingerprint density at radius 1 is 1.62 bits per heavy atom. The Balaban J connectivity index is 2.06. The van der Waals surface area contributed by atoms with E-state index in [1.54, 1.807) is 0 Å². The van der Waals surface area contributed by atoms with Crippen LogP contribution in [0.15, 0.2) is 0 Å². The third kappa shape index (κ3) is 1.75. The normalized spacial score (nSPS) is 28.9. The molecule has 1 heterocycles. The van der Waals surface area contributed by atoms with Crippen molar-refractivity contribution in [2.75, 3.05) is 18.5 Å². The van der Waals surface area contributed by atoms with E-state index < -0.39 is 0 Å². The topological polar surface area (TPSA) is 9.23 Å². The first-order chi connectivity index (χ1) is 3.93. The average molecular weight is 179 g/mol. The van der Waals surface area contributed by atoms with E-state index in [-0.39, 0.29) is 0 Å². The van der Waals surface area contributed by atoms with Crippen LogP contribution in [-0.4, -0.2) is 18.5 Å². The maximum Gasteiger partial charge on any atom is 0.0495 e. The molecule has 1 aliphatic heterocycles. The summed E-state index contributed by atoms with van der Waals surface area (Å²) in [7, 11) is 0. The van der Waals surface area contributed by atoms with Gasteiger partial charge in [0.25, 0.3) is 0 Å². The van der Waals surface area contributed by atoms with E-state index in [9.17, 15) is 0 Å². The van der Waals surface area contributed by atoms with Crippen LogP contribution in [-0.2, 0) is 4.74 Å². The van der Waals surface area contributed by atoms with Crippen molar-refractivity contribution in [1.82, 2.24) is 0 Å². The third-order valence-electron chi connectivity index (χ3n) is 1.54. The van der Waals surface area contributed by atoms with Gasteiger partial charge < -0.3 is 4.74 Å². The fourth-order valence-electron chi connectivity index (χ4n) is 0.965. The van der Waals surface area contributed by atoms with Crippen LogP contribution in [0.25, 0.3) is 0 Å². The third-order valence-corrected chi connectivity index (χ3v) is 2.00. The lowest BCUT2D eigenvalue weighted by atomic mass is 10.1. The van der Waals surface area contributed by atoms with Crippen LogP contribution in [0.1, 0.15) is 12.8 Å². The molecular formula is C6H11BrO. The van der Waals surface area contributed by atoms with Gasteiger partial charge in [-0.25, -0.2) is 0 Å². The first-order valence-electron chi connectivity index (χ1n) is 3.07. The van der Waals surface area contributed by atoms with Crippen molar-refractivity contribution >= 4 is 15.9 Å². The summed E-state index contributed by atoms with van der Waals surface area (Å²) in [5.74, 6) is 0.842. The molecule has 0 aromatic heterocycles. The molecule has 8 heavy (non-hydrogen) atoms. The van der Waals surface area contributed by atoms with Gasteiger partial charge in [-0.3, -0.25) is 0 Å². The highest BCUT2D eigenvalue weighted by Crippen LogP contribution is 2.16. The van der Waals surface area contributed by atoms with E-state index in [0.717, 1.165) is 24.5 Å². The molecule has 0 bridgehead atoms. The first-order valence-corrected chi connectivity index (χ1v) is 4.19. The van der Waals surface area contributed by atoms with Crippen LogP contribution in [0.5, 0.6) is 0 Å². The molecule has 0 aromatic rings. The molecule has 1 fully saturated rings. The van der Waals surface area contributed by atoms with Crippen molar-refractivity contribution in [3.8, 4) is 0 Å². The first kappa shape index (κ1) is 6.56. The number of rotatable bonds is 2. The minimum absolute atomic E-state index is 0.842. The fourth-order valence-corrected chi connectivity index (χ4v) is 1.61. The molecular weight excluding hydrogens is 168 g/mol. The Bertz CT molecular complexity index is 59.5. The summed E-state index contributed by atoms with van der Waals surface area (Å²) < 4.78 is 5.19. The van der Waals surface area contributed by atoms with E-state index in [2.05, 4.69) is 15.9 Å². The quantitative estimate of drug-likeness (QED) is 0.587. The summed E-state index contributed by atoms with van der Waals surface area (Å²) in [5, 5.41) is 1.13. The highest BCUT2D eigenvalue weighted by atomic mass is 79.9. The maximum atomic E-state index is 5.19. The Labute approximate surface area is 58.5 Å². The Kier molecular flexibility index (Phi) is 2.84. The lowest BCUT2D eigenvalue weighted by Crippen LogP contribution is -1.98. The highest BCUT2D eigenvalue weighted by molar-refractivity contribution is 9.09. The monoisotopic (exact) mass is 178 g/mol. The van der Waals surface area contributed by atoms with E-state index in [0.29, 0.717) is 0 Å². The zero-order chi connectivity index (χ0) is 5.82. The smallest absolute Gasteiger partial charge is 0.0495 e. The van der Waals surface area contributed by atoms with Gasteiger partial charge in [0.2, 0.25) is 0 Å². The molecule has 1 unspecified atom stereocenters. The van der Waals surface area contributed by atoms with Crippen LogP contribution >= 0.6 is 15.9 Å². The van der Waals surface area contributed by atoms with Gasteiger partial charge in [-0.15, -0.1) is 0 Å². The van der Waals surface area contributed by atoms with Gasteiger partial charge >= 0.3 is 0 Å². The van der Waals surface area contributed by atoms with Gasteiger partial charge in [-0.05, 0) is 18.8 Å². The van der Waals surface area contributed by atoms with Crippen LogP contribution < -0.4 is 0 Å². The van der Waals surface area contributed by atoms with Crippen LogP contribution in [0.4, 0.5) is 0 Å². The molecule has 1 aliphatic rings. The molecule has 1 atom stereocenters. The van der Waals surface area contributed by atoms with Gasteiger partial charge in [0, 0.05) is 18.5 Å². The molecule has 0 amide bonds. The van der Waals surface area contributed by atoms with Gasteiger partial charge in [-0.2, -0.15) is 0 Å². The van der Waals surface area contributed by atoms with E-state index in [1.807, 2.05) is 0 Å². The average Bonchev–Trinajstić information content (AvgIpc) is 2.19. The number of ether oxygens (including phenoxy) is 1. The number of alkyl halides is 1. The summed E-state index contributed by atoms with van der Waals surface area (Å²) in [5.41, 5.74) is 0. The van der Waals surface area contributed by atoms with Crippen molar-refractivity contribution in [3.05, 3.63) is 0 Å². The second-order valence-corrected chi connectivity index (χ2v) is 3.00. The summed E-state index contributed by atoms with van der Waals surface area (Å²) in [6.45, 7) is 1.98. The van der Waals surface area contributed by atoms with Crippen molar-refractivity contribution in [1.29, 1.82) is 0 Å². The Morgan fingerprint density at radius 2 is 2.50 bits per heavy atom. The Hall–Kier alpha value is 0.440. The Morgan fingerprint density at radius 3 is 3.00 bits per heavy atom. The summed E-state index contributed by atoms with van der Waals surface area (Å²) >= 11 is 3.40.